The van der Waals surface area contributed by atoms with Gasteiger partial charge in [0.25, 0.3) is 0 Å². The first-order valence-corrected chi connectivity index (χ1v) is 9.03. The minimum Gasteiger partial charge on any atom is -0.347 e. The molecule has 1 aliphatic heterocycles. The number of benzene rings is 2. The molecule has 0 bridgehead atoms. The molecule has 1 aliphatic rings. The average molecular weight is 424 g/mol. The molecule has 122 valence electrons. The Morgan fingerprint density at radius 3 is 2.83 bits per heavy atom. The van der Waals surface area contributed by atoms with E-state index in [0.29, 0.717) is 10.0 Å². The largest absolute Gasteiger partial charge is 0.347 e. The number of hydrogen-bond acceptors (Lipinski definition) is 3. The SMILES string of the molecule is Clc1ccc([C@H]2C[C@H](c3cccc(Br)c3)n3ncnc3N2)c(Cl)c1. The molecule has 0 radical (unpaired) electrons. The quantitative estimate of drug-likeness (QED) is 0.592. The molecule has 2 atom stereocenters. The molecule has 0 spiro atoms. The summed E-state index contributed by atoms with van der Waals surface area (Å²) in [7, 11) is 0. The zero-order valence-corrected chi connectivity index (χ0v) is 15.6. The van der Waals surface area contributed by atoms with Crippen molar-refractivity contribution < 1.29 is 0 Å². The molecule has 1 aromatic heterocycles. The van der Waals surface area contributed by atoms with Crippen molar-refractivity contribution in [2.75, 3.05) is 5.32 Å². The maximum absolute atomic E-state index is 6.41. The van der Waals surface area contributed by atoms with E-state index in [9.17, 15) is 0 Å². The highest BCUT2D eigenvalue weighted by atomic mass is 79.9. The summed E-state index contributed by atoms with van der Waals surface area (Å²) in [6.45, 7) is 0. The van der Waals surface area contributed by atoms with Crippen LogP contribution in [0.25, 0.3) is 0 Å². The molecule has 1 N–H and O–H groups in total. The van der Waals surface area contributed by atoms with Gasteiger partial charge in [-0.2, -0.15) is 10.1 Å². The van der Waals surface area contributed by atoms with Gasteiger partial charge in [-0.05, 0) is 41.8 Å². The molecule has 4 nitrogen and oxygen atoms in total. The summed E-state index contributed by atoms with van der Waals surface area (Å²) in [5.74, 6) is 0.738. The molecule has 0 fully saturated rings. The summed E-state index contributed by atoms with van der Waals surface area (Å²) in [6, 6.07) is 14.0. The summed E-state index contributed by atoms with van der Waals surface area (Å²) in [5, 5.41) is 9.09. The van der Waals surface area contributed by atoms with Gasteiger partial charge in [0.2, 0.25) is 5.95 Å². The molecule has 0 aliphatic carbocycles. The van der Waals surface area contributed by atoms with Gasteiger partial charge < -0.3 is 5.32 Å². The fourth-order valence-corrected chi connectivity index (χ4v) is 4.06. The van der Waals surface area contributed by atoms with Gasteiger partial charge in [0.15, 0.2) is 0 Å². The zero-order valence-electron chi connectivity index (χ0n) is 12.5. The lowest BCUT2D eigenvalue weighted by Crippen LogP contribution is -2.28. The second-order valence-electron chi connectivity index (χ2n) is 5.70. The lowest BCUT2D eigenvalue weighted by molar-refractivity contribution is 0.431. The van der Waals surface area contributed by atoms with Crippen LogP contribution in [0, 0.1) is 0 Å². The van der Waals surface area contributed by atoms with Crippen LogP contribution in [0.4, 0.5) is 5.95 Å². The highest BCUT2D eigenvalue weighted by Gasteiger charge is 2.30. The monoisotopic (exact) mass is 422 g/mol. The molecular formula is C17H13BrCl2N4. The third-order valence-electron chi connectivity index (χ3n) is 4.20. The van der Waals surface area contributed by atoms with E-state index in [4.69, 9.17) is 23.2 Å². The fourth-order valence-electron chi connectivity index (χ4n) is 3.10. The van der Waals surface area contributed by atoms with Gasteiger partial charge in [0.1, 0.15) is 6.33 Å². The van der Waals surface area contributed by atoms with E-state index in [1.165, 1.54) is 5.56 Å². The number of hydrogen-bond donors (Lipinski definition) is 1. The van der Waals surface area contributed by atoms with Gasteiger partial charge in [-0.3, -0.25) is 0 Å². The van der Waals surface area contributed by atoms with Crippen LogP contribution in [-0.4, -0.2) is 14.8 Å². The highest BCUT2D eigenvalue weighted by molar-refractivity contribution is 9.10. The van der Waals surface area contributed by atoms with Crippen LogP contribution in [0.1, 0.15) is 29.6 Å². The van der Waals surface area contributed by atoms with E-state index in [1.807, 2.05) is 28.9 Å². The van der Waals surface area contributed by atoms with Crippen LogP contribution in [0.5, 0.6) is 0 Å². The van der Waals surface area contributed by atoms with Crippen molar-refractivity contribution in [2.24, 2.45) is 0 Å². The van der Waals surface area contributed by atoms with Crippen molar-refractivity contribution in [1.29, 1.82) is 0 Å². The zero-order chi connectivity index (χ0) is 16.7. The van der Waals surface area contributed by atoms with Crippen LogP contribution >= 0.6 is 39.1 Å². The van der Waals surface area contributed by atoms with E-state index in [1.54, 1.807) is 12.4 Å². The van der Waals surface area contributed by atoms with Crippen molar-refractivity contribution in [1.82, 2.24) is 14.8 Å². The summed E-state index contributed by atoms with van der Waals surface area (Å²) in [5.41, 5.74) is 2.18. The average Bonchev–Trinajstić information content (AvgIpc) is 3.02. The Labute approximate surface area is 157 Å². The summed E-state index contributed by atoms with van der Waals surface area (Å²) < 4.78 is 2.96. The molecule has 0 amide bonds. The normalized spacial score (nSPS) is 19.6. The predicted octanol–water partition coefficient (Wildman–Crippen LogP) is 5.49. The summed E-state index contributed by atoms with van der Waals surface area (Å²) in [4.78, 5) is 4.34. The smallest absolute Gasteiger partial charge is 0.222 e. The minimum absolute atomic E-state index is 0.0375. The van der Waals surface area contributed by atoms with E-state index < -0.39 is 0 Å². The van der Waals surface area contributed by atoms with E-state index in [-0.39, 0.29) is 12.1 Å². The Bertz CT molecular complexity index is 896. The van der Waals surface area contributed by atoms with Crippen LogP contribution in [0.2, 0.25) is 10.0 Å². The maximum Gasteiger partial charge on any atom is 0.222 e. The van der Waals surface area contributed by atoms with Gasteiger partial charge in [-0.25, -0.2) is 4.68 Å². The van der Waals surface area contributed by atoms with E-state index in [2.05, 4.69) is 43.5 Å². The van der Waals surface area contributed by atoms with Crippen molar-refractivity contribution in [3.05, 3.63) is 74.4 Å². The van der Waals surface area contributed by atoms with Crippen LogP contribution < -0.4 is 5.32 Å². The number of aromatic nitrogens is 3. The van der Waals surface area contributed by atoms with Gasteiger partial charge in [0.05, 0.1) is 12.1 Å². The molecule has 2 heterocycles. The molecule has 0 saturated heterocycles. The molecule has 4 rings (SSSR count). The molecule has 3 aromatic rings. The van der Waals surface area contributed by atoms with Crippen molar-refractivity contribution in [3.63, 3.8) is 0 Å². The molecule has 0 saturated carbocycles. The van der Waals surface area contributed by atoms with Gasteiger partial charge in [-0.15, -0.1) is 0 Å². The van der Waals surface area contributed by atoms with Gasteiger partial charge in [0, 0.05) is 14.5 Å². The lowest BCUT2D eigenvalue weighted by Gasteiger charge is -2.32. The predicted molar refractivity (Wildman–Crippen MR) is 99.7 cm³/mol. The van der Waals surface area contributed by atoms with Gasteiger partial charge >= 0.3 is 0 Å². The van der Waals surface area contributed by atoms with Crippen LogP contribution in [0.15, 0.2) is 53.3 Å². The third-order valence-corrected chi connectivity index (χ3v) is 5.26. The Balaban J connectivity index is 1.76. The van der Waals surface area contributed by atoms with Crippen LogP contribution in [-0.2, 0) is 0 Å². The Kier molecular flexibility index (Phi) is 4.24. The first-order valence-electron chi connectivity index (χ1n) is 7.48. The minimum atomic E-state index is 0.0375. The fraction of sp³-hybridized carbons (Fsp3) is 0.176. The lowest BCUT2D eigenvalue weighted by atomic mass is 9.93. The Hall–Kier alpha value is -1.56. The third kappa shape index (κ3) is 2.92. The van der Waals surface area contributed by atoms with Crippen LogP contribution in [0.3, 0.4) is 0 Å². The number of rotatable bonds is 2. The summed E-state index contributed by atoms with van der Waals surface area (Å²) in [6.07, 6.45) is 2.38. The van der Waals surface area contributed by atoms with Gasteiger partial charge in [-0.1, -0.05) is 57.3 Å². The van der Waals surface area contributed by atoms with Crippen molar-refractivity contribution in [2.45, 2.75) is 18.5 Å². The second kappa shape index (κ2) is 6.39. The number of fused-ring (bicyclic) bond motifs is 1. The number of nitrogens with one attached hydrogen (secondary N) is 1. The number of anilines is 1. The van der Waals surface area contributed by atoms with E-state index in [0.717, 1.165) is 22.4 Å². The number of halogens is 3. The molecule has 24 heavy (non-hydrogen) atoms. The summed E-state index contributed by atoms with van der Waals surface area (Å²) >= 11 is 16.0. The van der Waals surface area contributed by atoms with E-state index >= 15 is 0 Å². The molecule has 2 aromatic carbocycles. The second-order valence-corrected chi connectivity index (χ2v) is 7.46. The molecular weight excluding hydrogens is 411 g/mol. The molecule has 7 heteroatoms. The Morgan fingerprint density at radius 2 is 2.04 bits per heavy atom. The maximum atomic E-state index is 6.41. The first kappa shape index (κ1) is 15.9. The molecule has 0 unspecified atom stereocenters. The number of nitrogens with zero attached hydrogens (tertiary/aromatic N) is 3. The highest BCUT2D eigenvalue weighted by Crippen LogP contribution is 2.40. The standard InChI is InChI=1S/C17H13BrCl2N4/c18-11-3-1-2-10(6-11)16-8-15(23-17-21-9-22-24(16)17)13-5-4-12(19)7-14(13)20/h1-7,9,15-16H,8H2,(H,21,22,23)/t15-,16-/m1/s1. The van der Waals surface area contributed by atoms with Crippen molar-refractivity contribution >= 4 is 45.1 Å². The van der Waals surface area contributed by atoms with Crippen molar-refractivity contribution in [3.8, 4) is 0 Å². The topological polar surface area (TPSA) is 42.7 Å². The first-order chi connectivity index (χ1) is 11.6. The Morgan fingerprint density at radius 1 is 1.17 bits per heavy atom.